The van der Waals surface area contributed by atoms with Gasteiger partial charge in [0.25, 0.3) is 0 Å². The number of morpholine rings is 1. The predicted octanol–water partition coefficient (Wildman–Crippen LogP) is 3.32. The van der Waals surface area contributed by atoms with E-state index in [-0.39, 0.29) is 6.10 Å². The van der Waals surface area contributed by atoms with Crippen LogP contribution in [0.4, 0.5) is 0 Å². The Kier molecular flexibility index (Phi) is 5.29. The zero-order valence-electron chi connectivity index (χ0n) is 11.4. The fourth-order valence-electron chi connectivity index (χ4n) is 2.12. The molecule has 1 aromatic carbocycles. The first kappa shape index (κ1) is 16.4. The zero-order chi connectivity index (χ0) is 14.9. The van der Waals surface area contributed by atoms with Gasteiger partial charge in [-0.15, -0.1) is 0 Å². The summed E-state index contributed by atoms with van der Waals surface area (Å²) in [6, 6.07) is 3.47. The van der Waals surface area contributed by atoms with Crippen molar-refractivity contribution in [3.8, 4) is 0 Å². The molecule has 112 valence electrons. The smallest absolute Gasteiger partial charge is 0.244 e. The van der Waals surface area contributed by atoms with Gasteiger partial charge in [0, 0.05) is 22.0 Å². The van der Waals surface area contributed by atoms with Gasteiger partial charge >= 0.3 is 0 Å². The van der Waals surface area contributed by atoms with Crippen molar-refractivity contribution < 1.29 is 13.2 Å². The highest BCUT2D eigenvalue weighted by Gasteiger charge is 2.31. The summed E-state index contributed by atoms with van der Waals surface area (Å²) in [6.07, 6.45) is 0.788. The molecule has 1 fully saturated rings. The van der Waals surface area contributed by atoms with Crippen molar-refractivity contribution in [2.45, 2.75) is 31.3 Å². The molecule has 4 nitrogen and oxygen atoms in total. The van der Waals surface area contributed by atoms with E-state index in [2.05, 4.69) is 31.9 Å². The number of halogens is 2. The molecule has 1 unspecified atom stereocenters. The van der Waals surface area contributed by atoms with E-state index in [9.17, 15) is 8.42 Å². The number of ether oxygens (including phenoxy) is 1. The fraction of sp³-hybridized carbons (Fsp3) is 0.538. The highest BCUT2D eigenvalue weighted by Crippen LogP contribution is 2.31. The van der Waals surface area contributed by atoms with Crippen molar-refractivity contribution in [2.75, 3.05) is 19.7 Å². The predicted molar refractivity (Wildman–Crippen MR) is 85.4 cm³/mol. The Hall–Kier alpha value is 0.0500. The fourth-order valence-corrected chi connectivity index (χ4v) is 5.22. The number of hydrogen-bond donors (Lipinski definition) is 0. The molecule has 1 atom stereocenters. The normalized spacial score (nSPS) is 21.1. The molecule has 2 rings (SSSR count). The lowest BCUT2D eigenvalue weighted by atomic mass is 10.2. The molecule has 0 aromatic heterocycles. The Labute approximate surface area is 136 Å². The quantitative estimate of drug-likeness (QED) is 0.744. The summed E-state index contributed by atoms with van der Waals surface area (Å²) >= 11 is 6.75. The van der Waals surface area contributed by atoms with Gasteiger partial charge < -0.3 is 4.74 Å². The maximum absolute atomic E-state index is 12.8. The number of aryl methyl sites for hydroxylation is 1. The minimum atomic E-state index is -3.50. The monoisotopic (exact) mass is 425 g/mol. The van der Waals surface area contributed by atoms with Crippen molar-refractivity contribution in [3.05, 3.63) is 26.6 Å². The van der Waals surface area contributed by atoms with Crippen LogP contribution in [0.25, 0.3) is 0 Å². The van der Waals surface area contributed by atoms with Crippen LogP contribution in [0.1, 0.15) is 18.9 Å². The van der Waals surface area contributed by atoms with Crippen molar-refractivity contribution in [3.63, 3.8) is 0 Å². The maximum Gasteiger partial charge on any atom is 0.244 e. The molecule has 1 aliphatic heterocycles. The summed E-state index contributed by atoms with van der Waals surface area (Å²) in [5.41, 5.74) is 0.990. The van der Waals surface area contributed by atoms with Gasteiger partial charge in [-0.1, -0.05) is 22.9 Å². The lowest BCUT2D eigenvalue weighted by molar-refractivity contribution is -0.00279. The van der Waals surface area contributed by atoms with Crippen molar-refractivity contribution in [1.82, 2.24) is 4.31 Å². The third-order valence-corrected chi connectivity index (χ3v) is 7.07. The van der Waals surface area contributed by atoms with Gasteiger partial charge in [-0.25, -0.2) is 8.42 Å². The van der Waals surface area contributed by atoms with Gasteiger partial charge in [0.2, 0.25) is 10.0 Å². The van der Waals surface area contributed by atoms with Crippen LogP contribution in [-0.4, -0.2) is 38.5 Å². The average molecular weight is 427 g/mol. The molecular weight excluding hydrogens is 410 g/mol. The van der Waals surface area contributed by atoms with Gasteiger partial charge in [-0.05, 0) is 47.0 Å². The SMILES string of the molecule is CCC1CN(S(=O)(=O)c2cc(Br)c(C)cc2Br)CCO1. The summed E-state index contributed by atoms with van der Waals surface area (Å²) in [5, 5.41) is 0. The highest BCUT2D eigenvalue weighted by atomic mass is 79.9. The number of sulfonamides is 1. The molecule has 1 aliphatic rings. The number of rotatable bonds is 3. The van der Waals surface area contributed by atoms with E-state index in [4.69, 9.17) is 4.74 Å². The molecule has 1 aromatic rings. The van der Waals surface area contributed by atoms with Crippen LogP contribution >= 0.6 is 31.9 Å². The molecule has 0 N–H and O–H groups in total. The van der Waals surface area contributed by atoms with Gasteiger partial charge in [0.1, 0.15) is 0 Å². The van der Waals surface area contributed by atoms with Crippen LogP contribution in [0.3, 0.4) is 0 Å². The van der Waals surface area contributed by atoms with Crippen molar-refractivity contribution in [1.29, 1.82) is 0 Å². The van der Waals surface area contributed by atoms with Gasteiger partial charge in [0.05, 0.1) is 17.6 Å². The highest BCUT2D eigenvalue weighted by molar-refractivity contribution is 9.11. The average Bonchev–Trinajstić information content (AvgIpc) is 2.42. The molecule has 1 heterocycles. The van der Waals surface area contributed by atoms with Crippen LogP contribution in [0.2, 0.25) is 0 Å². The summed E-state index contributed by atoms with van der Waals surface area (Å²) in [7, 11) is -3.50. The first-order chi connectivity index (χ1) is 9.36. The Morgan fingerprint density at radius 1 is 1.35 bits per heavy atom. The van der Waals surface area contributed by atoms with E-state index in [0.29, 0.717) is 29.1 Å². The summed E-state index contributed by atoms with van der Waals surface area (Å²) < 4.78 is 33.9. The minimum absolute atomic E-state index is 0.0220. The Morgan fingerprint density at radius 3 is 2.70 bits per heavy atom. The van der Waals surface area contributed by atoms with Crippen molar-refractivity contribution in [2.24, 2.45) is 0 Å². The van der Waals surface area contributed by atoms with Crippen molar-refractivity contribution >= 4 is 41.9 Å². The second kappa shape index (κ2) is 6.44. The van der Waals surface area contributed by atoms with Gasteiger partial charge in [-0.2, -0.15) is 4.31 Å². The Balaban J connectivity index is 2.37. The molecule has 0 spiro atoms. The first-order valence-electron chi connectivity index (χ1n) is 6.43. The second-order valence-corrected chi connectivity index (χ2v) is 8.41. The summed E-state index contributed by atoms with van der Waals surface area (Å²) in [5.74, 6) is 0. The molecule has 1 saturated heterocycles. The first-order valence-corrected chi connectivity index (χ1v) is 9.46. The molecule has 0 bridgehead atoms. The molecule has 20 heavy (non-hydrogen) atoms. The molecule has 0 saturated carbocycles. The zero-order valence-corrected chi connectivity index (χ0v) is 15.4. The Morgan fingerprint density at radius 2 is 2.05 bits per heavy atom. The van der Waals surface area contributed by atoms with Crippen LogP contribution < -0.4 is 0 Å². The molecule has 0 amide bonds. The van der Waals surface area contributed by atoms with E-state index in [0.717, 1.165) is 16.5 Å². The van der Waals surface area contributed by atoms with Crippen LogP contribution in [0, 0.1) is 6.92 Å². The van der Waals surface area contributed by atoms with Gasteiger partial charge in [0.15, 0.2) is 0 Å². The lowest BCUT2D eigenvalue weighted by Gasteiger charge is -2.32. The second-order valence-electron chi connectivity index (χ2n) is 4.80. The van der Waals surface area contributed by atoms with Gasteiger partial charge in [-0.3, -0.25) is 0 Å². The van der Waals surface area contributed by atoms with E-state index < -0.39 is 10.0 Å². The van der Waals surface area contributed by atoms with E-state index in [1.54, 1.807) is 6.07 Å². The maximum atomic E-state index is 12.8. The van der Waals surface area contributed by atoms with Crippen LogP contribution in [-0.2, 0) is 14.8 Å². The van der Waals surface area contributed by atoms with E-state index >= 15 is 0 Å². The minimum Gasteiger partial charge on any atom is -0.375 e. The topological polar surface area (TPSA) is 46.6 Å². The summed E-state index contributed by atoms with van der Waals surface area (Å²) in [6.45, 7) is 5.18. The third-order valence-electron chi connectivity index (χ3n) is 3.39. The molecular formula is C13H17Br2NO3S. The number of hydrogen-bond acceptors (Lipinski definition) is 3. The largest absolute Gasteiger partial charge is 0.375 e. The van der Waals surface area contributed by atoms with Crippen LogP contribution in [0.15, 0.2) is 26.0 Å². The lowest BCUT2D eigenvalue weighted by Crippen LogP contribution is -2.45. The van der Waals surface area contributed by atoms with Crippen LogP contribution in [0.5, 0.6) is 0 Å². The molecule has 7 heteroatoms. The van der Waals surface area contributed by atoms with E-state index in [1.165, 1.54) is 4.31 Å². The molecule has 0 radical (unpaired) electrons. The molecule has 0 aliphatic carbocycles. The standard InChI is InChI=1S/C13H17Br2NO3S/c1-3-10-8-16(4-5-19-10)20(17,18)13-7-11(14)9(2)6-12(13)15/h6-7,10H,3-5,8H2,1-2H3. The Bertz CT molecular complexity index is 604. The number of benzene rings is 1. The number of nitrogens with zero attached hydrogens (tertiary/aromatic N) is 1. The van der Waals surface area contributed by atoms with E-state index in [1.807, 2.05) is 19.9 Å². The third kappa shape index (κ3) is 3.27. The summed E-state index contributed by atoms with van der Waals surface area (Å²) in [4.78, 5) is 0.298.